The van der Waals surface area contributed by atoms with Crippen molar-refractivity contribution in [2.24, 2.45) is 0 Å². The lowest BCUT2D eigenvalue weighted by Crippen LogP contribution is -2.34. The molecule has 0 bridgehead atoms. The first kappa shape index (κ1) is 13.9. The summed E-state index contributed by atoms with van der Waals surface area (Å²) in [5.74, 6) is 0. The van der Waals surface area contributed by atoms with Gasteiger partial charge in [-0.15, -0.1) is 0 Å². The van der Waals surface area contributed by atoms with Gasteiger partial charge >= 0.3 is 0 Å². The maximum atomic E-state index is 11.9. The molecule has 0 saturated heterocycles. The van der Waals surface area contributed by atoms with Crippen molar-refractivity contribution in [1.82, 2.24) is 4.72 Å². The molecule has 0 aliphatic carbocycles. The summed E-state index contributed by atoms with van der Waals surface area (Å²) in [4.78, 5) is 0. The molecule has 0 unspecified atom stereocenters. The third-order valence-corrected chi connectivity index (χ3v) is 4.42. The molecule has 1 aromatic rings. The Morgan fingerprint density at radius 1 is 1.25 bits per heavy atom. The Labute approximate surface area is 109 Å². The monoisotopic (exact) mass is 303 g/mol. The summed E-state index contributed by atoms with van der Waals surface area (Å²) in [6.07, 6.45) is 0. The lowest BCUT2D eigenvalue weighted by molar-refractivity contribution is 0.616. The van der Waals surface area contributed by atoms with Crippen molar-refractivity contribution >= 4 is 26.9 Å². The number of benzene rings is 1. The first-order valence-electron chi connectivity index (χ1n) is 5.24. The Bertz CT molecular complexity index is 370. The van der Waals surface area contributed by atoms with Crippen LogP contribution in [0, 0.1) is 0 Å². The van der Waals surface area contributed by atoms with Gasteiger partial charge in [0, 0.05) is 10.5 Å². The van der Waals surface area contributed by atoms with Crippen LogP contribution >= 0.6 is 15.9 Å². The minimum absolute atomic E-state index is 0.0909. The number of hydrogen-bond donors (Lipinski definition) is 1. The highest BCUT2D eigenvalue weighted by Gasteiger charge is 2.21. The average molecular weight is 304 g/mol. The minimum Gasteiger partial charge on any atom is -0.242 e. The molecule has 1 rings (SSSR count). The fraction of sp³-hybridized carbons (Fsp3) is 0.500. The van der Waals surface area contributed by atoms with E-state index in [1.54, 1.807) is 0 Å². The lowest BCUT2D eigenvalue weighted by atomic mass is 10.1. The van der Waals surface area contributed by atoms with Crippen molar-refractivity contribution in [3.63, 3.8) is 0 Å². The van der Waals surface area contributed by atoms with Gasteiger partial charge in [-0.05, 0) is 45.4 Å². The van der Waals surface area contributed by atoms with Crippen LogP contribution in [0.4, 0.5) is 0 Å². The Balaban J connectivity index is 2.69. The van der Waals surface area contributed by atoms with E-state index in [9.17, 15) is 4.21 Å². The largest absolute Gasteiger partial charge is 0.242 e. The minimum atomic E-state index is -1.03. The average Bonchev–Trinajstić information content (AvgIpc) is 2.17. The van der Waals surface area contributed by atoms with Gasteiger partial charge in [0.1, 0.15) is 0 Å². The molecule has 0 spiro atoms. The molecule has 0 aromatic heterocycles. The van der Waals surface area contributed by atoms with Crippen molar-refractivity contribution in [2.45, 2.75) is 38.5 Å². The summed E-state index contributed by atoms with van der Waals surface area (Å²) >= 11 is 3.40. The van der Waals surface area contributed by atoms with E-state index in [0.717, 1.165) is 10.0 Å². The summed E-state index contributed by atoms with van der Waals surface area (Å²) in [5.41, 5.74) is 1.14. The highest BCUT2D eigenvalue weighted by Crippen LogP contribution is 2.19. The Morgan fingerprint density at radius 2 is 1.75 bits per heavy atom. The fourth-order valence-corrected chi connectivity index (χ4v) is 2.23. The normalized spacial score (nSPS) is 15.8. The van der Waals surface area contributed by atoms with Gasteiger partial charge in [0.25, 0.3) is 0 Å². The first-order valence-corrected chi connectivity index (χ1v) is 7.18. The molecule has 0 fully saturated rings. The van der Waals surface area contributed by atoms with E-state index in [-0.39, 0.29) is 10.8 Å². The number of hydrogen-bond acceptors (Lipinski definition) is 1. The molecule has 90 valence electrons. The SMILES string of the molecule is C[C@@H](N[S@](=O)C(C)(C)C)c1ccc(Br)cc1. The predicted molar refractivity (Wildman–Crippen MR) is 73.6 cm³/mol. The molecule has 0 aliphatic heterocycles. The van der Waals surface area contributed by atoms with E-state index in [0.29, 0.717) is 0 Å². The third-order valence-electron chi connectivity index (χ3n) is 2.21. The number of nitrogens with one attached hydrogen (secondary N) is 1. The van der Waals surface area contributed by atoms with Gasteiger partial charge in [-0.3, -0.25) is 0 Å². The van der Waals surface area contributed by atoms with E-state index in [4.69, 9.17) is 0 Å². The summed E-state index contributed by atoms with van der Waals surface area (Å²) < 4.78 is 15.8. The highest BCUT2D eigenvalue weighted by molar-refractivity contribution is 9.10. The van der Waals surface area contributed by atoms with Crippen LogP contribution in [0.1, 0.15) is 39.3 Å². The van der Waals surface area contributed by atoms with Crippen LogP contribution in [0.2, 0.25) is 0 Å². The second kappa shape index (κ2) is 5.43. The molecule has 4 heteroatoms. The molecule has 2 atom stereocenters. The van der Waals surface area contributed by atoms with Gasteiger partial charge in [0.05, 0.1) is 15.7 Å². The molecular formula is C12H18BrNOS. The lowest BCUT2D eigenvalue weighted by Gasteiger charge is -2.22. The molecule has 0 amide bonds. The first-order chi connectivity index (χ1) is 7.30. The molecule has 0 heterocycles. The van der Waals surface area contributed by atoms with E-state index >= 15 is 0 Å². The van der Waals surface area contributed by atoms with Crippen LogP contribution in [-0.2, 0) is 11.0 Å². The van der Waals surface area contributed by atoms with Crippen LogP contribution in [0.25, 0.3) is 0 Å². The maximum Gasteiger partial charge on any atom is 0.0975 e. The molecule has 1 N–H and O–H groups in total. The van der Waals surface area contributed by atoms with Gasteiger partial charge in [0.2, 0.25) is 0 Å². The van der Waals surface area contributed by atoms with Gasteiger partial charge in [-0.25, -0.2) is 8.93 Å². The van der Waals surface area contributed by atoms with Gasteiger partial charge in [-0.2, -0.15) is 0 Å². The van der Waals surface area contributed by atoms with E-state index in [2.05, 4.69) is 20.7 Å². The van der Waals surface area contributed by atoms with E-state index in [1.165, 1.54) is 0 Å². The predicted octanol–water partition coefficient (Wildman–Crippen LogP) is 3.56. The van der Waals surface area contributed by atoms with Crippen LogP contribution in [0.3, 0.4) is 0 Å². The second-order valence-electron chi connectivity index (χ2n) is 4.77. The van der Waals surface area contributed by atoms with Crippen LogP contribution in [-0.4, -0.2) is 8.96 Å². The number of rotatable bonds is 3. The quantitative estimate of drug-likeness (QED) is 0.909. The molecule has 1 aromatic carbocycles. The summed E-state index contributed by atoms with van der Waals surface area (Å²) in [7, 11) is -1.03. The molecule has 0 saturated carbocycles. The van der Waals surface area contributed by atoms with E-state index < -0.39 is 11.0 Å². The van der Waals surface area contributed by atoms with Gasteiger partial charge < -0.3 is 0 Å². The zero-order valence-corrected chi connectivity index (χ0v) is 12.5. The van der Waals surface area contributed by atoms with Gasteiger partial charge in [-0.1, -0.05) is 28.1 Å². The zero-order valence-electron chi connectivity index (χ0n) is 10.1. The summed E-state index contributed by atoms with van der Waals surface area (Å²) in [6.45, 7) is 7.91. The molecule has 16 heavy (non-hydrogen) atoms. The van der Waals surface area contributed by atoms with Crippen LogP contribution in [0.5, 0.6) is 0 Å². The van der Waals surface area contributed by atoms with E-state index in [1.807, 2.05) is 52.0 Å². The van der Waals surface area contributed by atoms with Crippen molar-refractivity contribution in [1.29, 1.82) is 0 Å². The molecule has 0 radical (unpaired) electrons. The topological polar surface area (TPSA) is 29.1 Å². The van der Waals surface area contributed by atoms with Crippen LogP contribution < -0.4 is 4.72 Å². The molecular weight excluding hydrogens is 286 g/mol. The summed E-state index contributed by atoms with van der Waals surface area (Å²) in [5, 5.41) is 0. The Kier molecular flexibility index (Phi) is 4.71. The zero-order chi connectivity index (χ0) is 12.3. The van der Waals surface area contributed by atoms with Crippen molar-refractivity contribution in [2.75, 3.05) is 0 Å². The Hall–Kier alpha value is -0.190. The smallest absolute Gasteiger partial charge is 0.0975 e. The standard InChI is InChI=1S/C12H18BrNOS/c1-9(14-16(15)12(2,3)4)10-5-7-11(13)8-6-10/h5-9,14H,1-4H3/t9-,16-/m1/s1. The second-order valence-corrected chi connectivity index (χ2v) is 7.69. The van der Waals surface area contributed by atoms with Crippen molar-refractivity contribution in [3.8, 4) is 0 Å². The molecule has 0 aliphatic rings. The van der Waals surface area contributed by atoms with Crippen molar-refractivity contribution < 1.29 is 4.21 Å². The number of halogens is 1. The third kappa shape index (κ3) is 4.00. The van der Waals surface area contributed by atoms with Gasteiger partial charge in [0.15, 0.2) is 0 Å². The molecule has 2 nitrogen and oxygen atoms in total. The Morgan fingerprint density at radius 3 is 2.19 bits per heavy atom. The maximum absolute atomic E-state index is 11.9. The van der Waals surface area contributed by atoms with Crippen LogP contribution in [0.15, 0.2) is 28.7 Å². The highest BCUT2D eigenvalue weighted by atomic mass is 79.9. The summed E-state index contributed by atoms with van der Waals surface area (Å²) in [6, 6.07) is 8.14. The van der Waals surface area contributed by atoms with Crippen molar-refractivity contribution in [3.05, 3.63) is 34.3 Å². The fourth-order valence-electron chi connectivity index (χ4n) is 1.16.